The third-order valence-electron chi connectivity index (χ3n) is 22.4. The van der Waals surface area contributed by atoms with E-state index in [2.05, 4.69) is 220 Å². The summed E-state index contributed by atoms with van der Waals surface area (Å²) in [7, 11) is 67.7. The molecule has 0 atom stereocenters. The summed E-state index contributed by atoms with van der Waals surface area (Å²) < 4.78 is 0. The monoisotopic (exact) mass is 941 g/mol. The van der Waals surface area contributed by atoms with Crippen LogP contribution in [0.5, 0.6) is 0 Å². The highest BCUT2D eigenvalue weighted by Crippen LogP contribution is 2.39. The first-order valence-corrected chi connectivity index (χ1v) is 28.5. The molecule has 0 nitrogen and oxygen atoms in total. The van der Waals surface area contributed by atoms with Crippen molar-refractivity contribution in [2.45, 2.75) is 0 Å². The molecule has 0 heterocycles. The lowest BCUT2D eigenvalue weighted by atomic mass is 9.54. The Kier molecular flexibility index (Phi) is 12.4. The van der Waals surface area contributed by atoms with Gasteiger partial charge in [-0.3, -0.25) is 0 Å². The Bertz CT molecular complexity index is 4610. The van der Waals surface area contributed by atoms with Gasteiger partial charge >= 0.3 is 0 Å². The van der Waals surface area contributed by atoms with E-state index in [-0.39, 0.29) is 0 Å². The molecular weight excluding hydrogens is 879 g/mol. The Morgan fingerprint density at radius 1 is 0.0789 bits per heavy atom. The summed E-state index contributed by atoms with van der Waals surface area (Å²) in [6, 6.07) is 0. The van der Waals surface area contributed by atoms with Crippen LogP contribution in [-0.4, -0.2) is 220 Å². The number of rotatable bonds is 3. The Morgan fingerprint density at radius 2 is 0.224 bits per heavy atom. The first-order chi connectivity index (χ1) is 35.5. The lowest BCUT2D eigenvalue weighted by Crippen LogP contribution is -2.52. The van der Waals surface area contributed by atoms with Crippen molar-refractivity contribution in [2.24, 2.45) is 0 Å². The summed E-state index contributed by atoms with van der Waals surface area (Å²) >= 11 is 0. The second-order valence-electron chi connectivity index (χ2n) is 25.0. The van der Waals surface area contributed by atoms with Gasteiger partial charge in [0.2, 0.25) is 0 Å². The molecule has 11 rings (SSSR count). The highest BCUT2D eigenvalue weighted by atomic mass is 14.3. The van der Waals surface area contributed by atoms with Crippen molar-refractivity contribution in [2.75, 3.05) is 0 Å². The van der Waals surface area contributed by atoms with Crippen LogP contribution < -0.4 is 153 Å². The van der Waals surface area contributed by atoms with Gasteiger partial charge in [-0.15, -0.1) is 21.9 Å². The van der Waals surface area contributed by atoms with Crippen LogP contribution in [0.4, 0.5) is 0 Å². The molecule has 0 spiro atoms. The van der Waals surface area contributed by atoms with Gasteiger partial charge in [0.05, 0.1) is 0 Å². The normalized spacial score (nSPS) is 12.1. The van der Waals surface area contributed by atoms with E-state index in [1.54, 1.807) is 0 Å². The molecule has 0 aliphatic heterocycles. The van der Waals surface area contributed by atoms with Gasteiger partial charge in [-0.2, -0.15) is 0 Å². The Balaban J connectivity index is 1.47. The molecule has 0 amide bonds. The quantitative estimate of drug-likeness (QED) is 0.122. The van der Waals surface area contributed by atoms with Crippen LogP contribution in [0, 0.1) is 0 Å². The minimum atomic E-state index is 1.39. The fourth-order valence-electron chi connectivity index (χ4n) is 16.6. The predicted octanol–water partition coefficient (Wildman–Crippen LogP) is -35.1. The fraction of sp³-hybridized carbons (Fsp3) is 0. The third-order valence-corrected chi connectivity index (χ3v) is 22.4. The number of benzene rings is 11. The second-order valence-corrected chi connectivity index (χ2v) is 25.0. The maximum atomic E-state index is 2.53. The van der Waals surface area contributed by atoms with Crippen LogP contribution in [0.2, 0.25) is 0 Å². The molecule has 28 heteroatoms. The first-order valence-electron chi connectivity index (χ1n) is 28.5. The summed E-state index contributed by atoms with van der Waals surface area (Å²) in [6.07, 6.45) is 0. The van der Waals surface area contributed by atoms with Gasteiger partial charge < -0.3 is 0 Å². The summed E-state index contributed by atoms with van der Waals surface area (Å²) in [5, 5.41) is 20.3. The molecule has 0 N–H and O–H groups in total. The van der Waals surface area contributed by atoms with Crippen LogP contribution in [0.1, 0.15) is 0 Å². The predicted molar refractivity (Wildman–Crippen MR) is 437 cm³/mol. The zero-order valence-corrected chi connectivity index (χ0v) is 52.0. The molecule has 76 heavy (non-hydrogen) atoms. The van der Waals surface area contributed by atoms with Gasteiger partial charge in [0.25, 0.3) is 0 Å². The van der Waals surface area contributed by atoms with Crippen molar-refractivity contribution in [3.8, 4) is 33.4 Å². The summed E-state index contributed by atoms with van der Waals surface area (Å²) in [4.78, 5) is 0. The van der Waals surface area contributed by atoms with Crippen molar-refractivity contribution in [1.29, 1.82) is 0 Å². The molecule has 0 saturated carbocycles. The zero-order chi connectivity index (χ0) is 55.7. The van der Waals surface area contributed by atoms with Crippen molar-refractivity contribution < 1.29 is 0 Å². The van der Waals surface area contributed by atoms with Gasteiger partial charge in [-0.25, -0.2) is 0 Å². The first kappa shape index (κ1) is 53.6. The van der Waals surface area contributed by atoms with E-state index in [0.29, 0.717) is 0 Å². The molecule has 0 saturated heterocycles. The highest BCUT2D eigenvalue weighted by molar-refractivity contribution is 6.79. The lowest BCUT2D eigenvalue weighted by molar-refractivity contribution is 1.77. The van der Waals surface area contributed by atoms with Crippen LogP contribution in [0.3, 0.4) is 0 Å². The van der Waals surface area contributed by atoms with E-state index >= 15 is 0 Å². The van der Waals surface area contributed by atoms with Crippen molar-refractivity contribution in [1.82, 2.24) is 0 Å². The number of fused-ring (bicyclic) bond motifs is 1. The molecule has 0 bridgehead atoms. The molecule has 0 unspecified atom stereocenters. The van der Waals surface area contributed by atoms with Crippen molar-refractivity contribution in [3.05, 3.63) is 0 Å². The minimum Gasteiger partial charge on any atom is -0.101 e. The Morgan fingerprint density at radius 3 is 0.539 bits per heavy atom. The SMILES string of the molecule is Bc1c(B)c(-c2c(B)c(B)c3c(B)c(B)c(B)c(B)c3c2B)c(-c2c(B)c(B)c3c(B)c(B)c4c(B)c(B)c(B)c5c(B)c(B)c2c3c45)c(B)c1-c1c(B)c(B)c2c(B)c(B)c3c(B)c(B)c(B)c4c(B)c(B)c1c2c34. The standard InChI is InChI=1S/C48H56B28/c49-21-7(8-5-1-3-13(30(58)23(5)51)39(67)45(73)41(69)15(3)34(62)32(60)11(1)28(56)25(8)53)10(18-22(50)19-20(38(66)37(18)65)44(72)48(76)47(75)43(19)71)27(55)36(64)17(21)9-6-2-4-14(31(59)24(6)52)40(68)46(74)42(70)16(4)35(63)33(61)12(2)29(57)26(9)54/h49-76H2. The molecule has 0 fully saturated rings. The van der Waals surface area contributed by atoms with E-state index in [1.165, 1.54) is 262 Å². The molecular formula is C48H56B28. The van der Waals surface area contributed by atoms with Gasteiger partial charge in [0.15, 0.2) is 0 Å². The van der Waals surface area contributed by atoms with E-state index in [0.717, 1.165) is 0 Å². The van der Waals surface area contributed by atoms with E-state index in [4.69, 9.17) is 0 Å². The van der Waals surface area contributed by atoms with Crippen LogP contribution in [0.15, 0.2) is 0 Å². The highest BCUT2D eigenvalue weighted by Gasteiger charge is 2.33. The summed E-state index contributed by atoms with van der Waals surface area (Å²) in [6.45, 7) is 0. The molecule has 11 aromatic rings. The maximum Gasteiger partial charge on any atom is 0.140 e. The topological polar surface area (TPSA) is 0 Å². The molecule has 332 valence electrons. The van der Waals surface area contributed by atoms with E-state index in [1.807, 2.05) is 0 Å². The average Bonchev–Trinajstić information content (AvgIpc) is 3.19. The fourth-order valence-corrected chi connectivity index (χ4v) is 16.6. The Labute approximate surface area is 478 Å². The number of hydrogen-bond acceptors (Lipinski definition) is 0. The molecule has 11 aromatic carbocycles. The van der Waals surface area contributed by atoms with Gasteiger partial charge in [0.1, 0.15) is 220 Å². The smallest absolute Gasteiger partial charge is 0.101 e. The maximum absolute atomic E-state index is 2.53. The third kappa shape index (κ3) is 6.32. The summed E-state index contributed by atoms with van der Waals surface area (Å²) in [5.41, 5.74) is 48.0. The zero-order valence-electron chi connectivity index (χ0n) is 52.0. The van der Waals surface area contributed by atoms with Crippen molar-refractivity contribution in [3.63, 3.8) is 0 Å². The summed E-state index contributed by atoms with van der Waals surface area (Å²) in [5.74, 6) is 0. The minimum absolute atomic E-state index is 1.39. The molecule has 0 radical (unpaired) electrons. The van der Waals surface area contributed by atoms with Crippen LogP contribution in [-0.2, 0) is 0 Å². The van der Waals surface area contributed by atoms with Crippen molar-refractivity contribution >= 4 is 448 Å². The second kappa shape index (κ2) is 17.5. The molecule has 0 aromatic heterocycles. The number of hydrogen-bond donors (Lipinski definition) is 0. The average molecular weight is 936 g/mol. The Hall–Kier alpha value is -4.42. The van der Waals surface area contributed by atoms with E-state index in [9.17, 15) is 0 Å². The lowest BCUT2D eigenvalue weighted by Gasteiger charge is -2.34. The molecule has 0 aliphatic rings. The van der Waals surface area contributed by atoms with Gasteiger partial charge in [-0.05, 0) is 109 Å². The molecule has 0 aliphatic carbocycles. The largest absolute Gasteiger partial charge is 0.140 e. The van der Waals surface area contributed by atoms with Crippen LogP contribution in [0.25, 0.3) is 109 Å². The van der Waals surface area contributed by atoms with E-state index < -0.39 is 0 Å². The van der Waals surface area contributed by atoms with Gasteiger partial charge in [0, 0.05) is 0 Å². The van der Waals surface area contributed by atoms with Crippen LogP contribution >= 0.6 is 0 Å². The van der Waals surface area contributed by atoms with Gasteiger partial charge in [-0.1, -0.05) is 131 Å².